The number of hydrogen-bond donors (Lipinski definition) is 7. The number of aromatic hydroxyl groups is 1. The standard InChI is InChI=1S/C28H36N4O8S/c1-41-14-13-22(27(38)32-23(28(39)40)16-18-7-9-19(33)10-8-18)31-26(37)21(11-12-24(34)35)30-25(36)20(29)15-17-5-3-2-4-6-17/h2-10,20-23,33H,11-16,29H2,1H3,(H,30,36)(H,31,37)(H,32,38)(H,34,35)(H,39,40). The van der Waals surface area contributed by atoms with Crippen molar-refractivity contribution in [1.82, 2.24) is 16.0 Å². The molecule has 0 aliphatic heterocycles. The third kappa shape index (κ3) is 11.9. The van der Waals surface area contributed by atoms with Crippen LogP contribution in [0.15, 0.2) is 54.6 Å². The molecule has 222 valence electrons. The van der Waals surface area contributed by atoms with E-state index in [1.807, 2.05) is 6.07 Å². The second-order valence-corrected chi connectivity index (χ2v) is 10.4. The van der Waals surface area contributed by atoms with Gasteiger partial charge < -0.3 is 37.0 Å². The van der Waals surface area contributed by atoms with E-state index in [1.165, 1.54) is 36.0 Å². The molecule has 2 aromatic rings. The minimum Gasteiger partial charge on any atom is -0.508 e. The Hall–Kier alpha value is -4.10. The summed E-state index contributed by atoms with van der Waals surface area (Å²) in [4.78, 5) is 62.2. The summed E-state index contributed by atoms with van der Waals surface area (Å²) in [6, 6.07) is 10.1. The number of phenols is 1. The Balaban J connectivity index is 2.13. The molecule has 0 aliphatic carbocycles. The summed E-state index contributed by atoms with van der Waals surface area (Å²) in [6.45, 7) is 0. The topological polar surface area (TPSA) is 208 Å². The van der Waals surface area contributed by atoms with Gasteiger partial charge in [-0.05, 0) is 54.5 Å². The van der Waals surface area contributed by atoms with Crippen molar-refractivity contribution in [2.75, 3.05) is 12.0 Å². The molecule has 0 saturated heterocycles. The van der Waals surface area contributed by atoms with E-state index in [4.69, 9.17) is 10.8 Å². The third-order valence-electron chi connectivity index (χ3n) is 6.15. The zero-order valence-electron chi connectivity index (χ0n) is 22.6. The molecule has 2 aromatic carbocycles. The van der Waals surface area contributed by atoms with Gasteiger partial charge >= 0.3 is 11.9 Å². The molecule has 0 saturated carbocycles. The van der Waals surface area contributed by atoms with Gasteiger partial charge in [-0.15, -0.1) is 0 Å². The largest absolute Gasteiger partial charge is 0.508 e. The summed E-state index contributed by atoms with van der Waals surface area (Å²) in [5.74, 6) is -4.22. The number of nitrogens with two attached hydrogens (primary N) is 1. The lowest BCUT2D eigenvalue weighted by Crippen LogP contribution is -2.57. The van der Waals surface area contributed by atoms with Crippen LogP contribution >= 0.6 is 11.8 Å². The second kappa shape index (κ2) is 16.9. The molecule has 0 spiro atoms. The van der Waals surface area contributed by atoms with Crippen molar-refractivity contribution >= 4 is 41.4 Å². The second-order valence-electron chi connectivity index (χ2n) is 9.40. The van der Waals surface area contributed by atoms with E-state index in [-0.39, 0.29) is 31.4 Å². The summed E-state index contributed by atoms with van der Waals surface area (Å²) in [7, 11) is 0. The average Bonchev–Trinajstić information content (AvgIpc) is 2.93. The first-order valence-electron chi connectivity index (χ1n) is 12.9. The Morgan fingerprint density at radius 2 is 1.29 bits per heavy atom. The number of nitrogens with one attached hydrogen (secondary N) is 3. The van der Waals surface area contributed by atoms with Crippen molar-refractivity contribution in [3.05, 3.63) is 65.7 Å². The molecule has 0 bridgehead atoms. The fraction of sp³-hybridized carbons (Fsp3) is 0.393. The van der Waals surface area contributed by atoms with Crippen LogP contribution in [0, 0.1) is 0 Å². The van der Waals surface area contributed by atoms with Crippen molar-refractivity contribution < 1.29 is 39.3 Å². The minimum absolute atomic E-state index is 0.00932. The van der Waals surface area contributed by atoms with E-state index in [0.29, 0.717) is 11.3 Å². The third-order valence-corrected chi connectivity index (χ3v) is 6.79. The molecule has 12 nitrogen and oxygen atoms in total. The number of carboxylic acids is 2. The summed E-state index contributed by atoms with van der Waals surface area (Å²) < 4.78 is 0. The molecule has 0 fully saturated rings. The van der Waals surface area contributed by atoms with Crippen molar-refractivity contribution in [3.8, 4) is 5.75 Å². The number of carboxylic acid groups (broad SMARTS) is 2. The molecule has 0 radical (unpaired) electrons. The number of aliphatic carboxylic acids is 2. The molecule has 0 aromatic heterocycles. The lowest BCUT2D eigenvalue weighted by atomic mass is 10.0. The van der Waals surface area contributed by atoms with Gasteiger partial charge in [0.05, 0.1) is 6.04 Å². The fourth-order valence-corrected chi connectivity index (χ4v) is 4.36. The number of benzene rings is 2. The van der Waals surface area contributed by atoms with Gasteiger partial charge in [-0.3, -0.25) is 19.2 Å². The number of carbonyl (C=O) groups is 5. The molecule has 41 heavy (non-hydrogen) atoms. The molecule has 8 N–H and O–H groups in total. The van der Waals surface area contributed by atoms with Crippen LogP contribution in [-0.4, -0.2) is 81.2 Å². The number of carbonyl (C=O) groups excluding carboxylic acids is 3. The van der Waals surface area contributed by atoms with E-state index in [9.17, 15) is 34.2 Å². The highest BCUT2D eigenvalue weighted by Gasteiger charge is 2.30. The SMILES string of the molecule is CSCCC(NC(=O)C(CCC(=O)O)NC(=O)C(N)Cc1ccccc1)C(=O)NC(Cc1ccc(O)cc1)C(=O)O. The number of thioether (sulfide) groups is 1. The maximum Gasteiger partial charge on any atom is 0.326 e. The van der Waals surface area contributed by atoms with E-state index in [2.05, 4.69) is 16.0 Å². The van der Waals surface area contributed by atoms with Gasteiger partial charge in [0.2, 0.25) is 17.7 Å². The Bertz CT molecular complexity index is 1180. The Labute approximate surface area is 242 Å². The number of hydrogen-bond acceptors (Lipinski definition) is 8. The van der Waals surface area contributed by atoms with E-state index >= 15 is 0 Å². The summed E-state index contributed by atoms with van der Waals surface area (Å²) in [6.07, 6.45) is 1.39. The van der Waals surface area contributed by atoms with E-state index in [0.717, 1.165) is 5.56 Å². The lowest BCUT2D eigenvalue weighted by molar-refractivity contribution is -0.142. The Morgan fingerprint density at radius 1 is 0.756 bits per heavy atom. The molecular weight excluding hydrogens is 552 g/mol. The van der Waals surface area contributed by atoms with Crippen LogP contribution in [0.5, 0.6) is 5.75 Å². The van der Waals surface area contributed by atoms with Gasteiger partial charge in [0.15, 0.2) is 0 Å². The first kappa shape index (κ1) is 33.1. The monoisotopic (exact) mass is 588 g/mol. The number of phenolic OH excluding ortho intramolecular Hbond substituents is 1. The zero-order chi connectivity index (χ0) is 30.4. The molecule has 0 aliphatic rings. The van der Waals surface area contributed by atoms with Gasteiger partial charge in [0.25, 0.3) is 0 Å². The fourth-order valence-electron chi connectivity index (χ4n) is 3.89. The molecule has 2 rings (SSSR count). The van der Waals surface area contributed by atoms with Crippen molar-refractivity contribution in [2.45, 2.75) is 56.3 Å². The van der Waals surface area contributed by atoms with Crippen LogP contribution in [0.25, 0.3) is 0 Å². The normalized spacial score (nSPS) is 13.7. The highest BCUT2D eigenvalue weighted by molar-refractivity contribution is 7.98. The number of amides is 3. The first-order valence-corrected chi connectivity index (χ1v) is 14.3. The van der Waals surface area contributed by atoms with Crippen LogP contribution in [0.2, 0.25) is 0 Å². The van der Waals surface area contributed by atoms with Crippen LogP contribution < -0.4 is 21.7 Å². The van der Waals surface area contributed by atoms with Gasteiger partial charge in [0.1, 0.15) is 23.9 Å². The predicted molar refractivity (Wildman–Crippen MR) is 153 cm³/mol. The molecule has 4 atom stereocenters. The van der Waals surface area contributed by atoms with Gasteiger partial charge in [-0.25, -0.2) is 4.79 Å². The summed E-state index contributed by atoms with van der Waals surface area (Å²) in [5, 5.41) is 35.8. The van der Waals surface area contributed by atoms with Crippen molar-refractivity contribution in [3.63, 3.8) is 0 Å². The average molecular weight is 589 g/mol. The smallest absolute Gasteiger partial charge is 0.326 e. The molecular formula is C28H36N4O8S. The van der Waals surface area contributed by atoms with Crippen molar-refractivity contribution in [1.29, 1.82) is 0 Å². The van der Waals surface area contributed by atoms with E-state index in [1.54, 1.807) is 30.5 Å². The van der Waals surface area contributed by atoms with Crippen molar-refractivity contribution in [2.24, 2.45) is 5.73 Å². The predicted octanol–water partition coefficient (Wildman–Crippen LogP) is 0.662. The molecule has 4 unspecified atom stereocenters. The van der Waals surface area contributed by atoms with Crippen LogP contribution in [0.1, 0.15) is 30.4 Å². The zero-order valence-corrected chi connectivity index (χ0v) is 23.4. The summed E-state index contributed by atoms with van der Waals surface area (Å²) in [5.41, 5.74) is 7.39. The maximum absolute atomic E-state index is 13.2. The highest BCUT2D eigenvalue weighted by Crippen LogP contribution is 2.12. The number of rotatable bonds is 17. The van der Waals surface area contributed by atoms with Crippen LogP contribution in [-0.2, 0) is 36.8 Å². The van der Waals surface area contributed by atoms with E-state index < -0.39 is 60.2 Å². The quantitative estimate of drug-likeness (QED) is 0.137. The van der Waals surface area contributed by atoms with Crippen LogP contribution in [0.3, 0.4) is 0 Å². The Morgan fingerprint density at radius 3 is 1.85 bits per heavy atom. The maximum atomic E-state index is 13.2. The minimum atomic E-state index is -1.32. The van der Waals surface area contributed by atoms with Crippen LogP contribution in [0.4, 0.5) is 0 Å². The molecule has 13 heteroatoms. The first-order chi connectivity index (χ1) is 19.5. The lowest BCUT2D eigenvalue weighted by Gasteiger charge is -2.25. The van der Waals surface area contributed by atoms with Gasteiger partial charge in [-0.1, -0.05) is 42.5 Å². The molecule has 3 amide bonds. The summed E-state index contributed by atoms with van der Waals surface area (Å²) >= 11 is 1.41. The highest BCUT2D eigenvalue weighted by atomic mass is 32.2. The molecule has 0 heterocycles. The Kier molecular flexibility index (Phi) is 13.6. The van der Waals surface area contributed by atoms with Gasteiger partial charge in [-0.2, -0.15) is 11.8 Å². The van der Waals surface area contributed by atoms with Gasteiger partial charge in [0, 0.05) is 12.8 Å².